The maximum absolute atomic E-state index is 12.9. The van der Waals surface area contributed by atoms with Gasteiger partial charge in [0.1, 0.15) is 23.1 Å². The molecular formula is C25H25N3O3. The third-order valence-corrected chi connectivity index (χ3v) is 5.20. The predicted octanol–water partition coefficient (Wildman–Crippen LogP) is 4.37. The lowest BCUT2D eigenvalue weighted by Crippen LogP contribution is -2.27. The van der Waals surface area contributed by atoms with Crippen molar-refractivity contribution in [2.24, 2.45) is 0 Å². The van der Waals surface area contributed by atoms with E-state index in [1.807, 2.05) is 50.2 Å². The molecule has 0 fully saturated rings. The first-order valence-electron chi connectivity index (χ1n) is 9.83. The van der Waals surface area contributed by atoms with Crippen molar-refractivity contribution >= 4 is 12.0 Å². The highest BCUT2D eigenvalue weighted by atomic mass is 16.5. The normalized spacial score (nSPS) is 11.1. The molecule has 0 saturated carbocycles. The van der Waals surface area contributed by atoms with Crippen molar-refractivity contribution in [2.45, 2.75) is 20.4 Å². The standard InChI is InChI=1S/C25H25N3O3/c1-17-13-20(18(2)28(17)22-9-11-23(31-4)12-10-22)14-21(15-26)25(30)27(3)16-19-7-5-6-8-24(19)29/h5-14,29H,16H2,1-4H3/b21-14-. The summed E-state index contributed by atoms with van der Waals surface area (Å²) >= 11 is 0. The molecule has 0 spiro atoms. The van der Waals surface area contributed by atoms with Crippen LogP contribution < -0.4 is 4.74 Å². The lowest BCUT2D eigenvalue weighted by atomic mass is 10.1. The number of phenolic OH excluding ortho intramolecular Hbond substituents is 1. The minimum Gasteiger partial charge on any atom is -0.508 e. The number of aromatic nitrogens is 1. The molecule has 0 atom stereocenters. The molecule has 0 aliphatic rings. The number of ether oxygens (including phenoxy) is 1. The molecule has 1 N–H and O–H groups in total. The number of aryl methyl sites for hydroxylation is 1. The molecule has 0 aliphatic heterocycles. The van der Waals surface area contributed by atoms with Crippen LogP contribution in [0.4, 0.5) is 0 Å². The summed E-state index contributed by atoms with van der Waals surface area (Å²) in [5.41, 5.74) is 4.33. The number of methoxy groups -OCH3 is 1. The summed E-state index contributed by atoms with van der Waals surface area (Å²) in [6.07, 6.45) is 1.62. The van der Waals surface area contributed by atoms with E-state index in [1.165, 1.54) is 4.90 Å². The Balaban J connectivity index is 1.89. The lowest BCUT2D eigenvalue weighted by Gasteiger charge is -2.17. The molecule has 1 heterocycles. The monoisotopic (exact) mass is 415 g/mol. The molecule has 6 nitrogen and oxygen atoms in total. The molecule has 6 heteroatoms. The average molecular weight is 415 g/mol. The van der Waals surface area contributed by atoms with Gasteiger partial charge in [-0.1, -0.05) is 18.2 Å². The molecule has 0 radical (unpaired) electrons. The van der Waals surface area contributed by atoms with Gasteiger partial charge in [-0.3, -0.25) is 4.79 Å². The number of carbonyl (C=O) groups excluding carboxylic acids is 1. The number of phenols is 1. The maximum atomic E-state index is 12.9. The van der Waals surface area contributed by atoms with Gasteiger partial charge in [0.25, 0.3) is 5.91 Å². The van der Waals surface area contributed by atoms with Crippen LogP contribution in [0.1, 0.15) is 22.5 Å². The molecule has 1 aromatic heterocycles. The first kappa shape index (κ1) is 21.7. The van der Waals surface area contributed by atoms with Gasteiger partial charge >= 0.3 is 0 Å². The van der Waals surface area contributed by atoms with E-state index in [0.29, 0.717) is 5.56 Å². The van der Waals surface area contributed by atoms with E-state index in [9.17, 15) is 15.2 Å². The van der Waals surface area contributed by atoms with E-state index in [1.54, 1.807) is 44.5 Å². The summed E-state index contributed by atoms with van der Waals surface area (Å²) in [7, 11) is 3.24. The summed E-state index contributed by atoms with van der Waals surface area (Å²) in [6, 6.07) is 18.5. The van der Waals surface area contributed by atoms with E-state index in [2.05, 4.69) is 4.57 Å². The van der Waals surface area contributed by atoms with Crippen molar-refractivity contribution in [3.63, 3.8) is 0 Å². The zero-order chi connectivity index (χ0) is 22.5. The number of rotatable bonds is 6. The van der Waals surface area contributed by atoms with Crippen molar-refractivity contribution in [3.05, 3.63) is 82.7 Å². The second kappa shape index (κ2) is 9.23. The van der Waals surface area contributed by atoms with Gasteiger partial charge in [-0.05, 0) is 61.9 Å². The molecule has 3 rings (SSSR count). The zero-order valence-electron chi connectivity index (χ0n) is 18.1. The summed E-state index contributed by atoms with van der Waals surface area (Å²) in [5.74, 6) is 0.490. The third-order valence-electron chi connectivity index (χ3n) is 5.20. The maximum Gasteiger partial charge on any atom is 0.264 e. The van der Waals surface area contributed by atoms with Gasteiger partial charge in [-0.2, -0.15) is 5.26 Å². The highest BCUT2D eigenvalue weighted by Crippen LogP contribution is 2.25. The topological polar surface area (TPSA) is 78.5 Å². The van der Waals surface area contributed by atoms with Gasteiger partial charge in [-0.25, -0.2) is 0 Å². The SMILES string of the molecule is COc1ccc(-n2c(C)cc(/C=C(/C#N)C(=O)N(C)Cc3ccccc3O)c2C)cc1. The van der Waals surface area contributed by atoms with Crippen molar-refractivity contribution < 1.29 is 14.6 Å². The van der Waals surface area contributed by atoms with Crippen molar-refractivity contribution in [3.8, 4) is 23.3 Å². The second-order valence-electron chi connectivity index (χ2n) is 7.32. The van der Waals surface area contributed by atoms with E-state index in [-0.39, 0.29) is 17.9 Å². The minimum absolute atomic E-state index is 0.0351. The van der Waals surface area contributed by atoms with Gasteiger partial charge in [0.15, 0.2) is 0 Å². The fourth-order valence-corrected chi connectivity index (χ4v) is 3.54. The van der Waals surface area contributed by atoms with Crippen LogP contribution in [0.3, 0.4) is 0 Å². The number of nitriles is 1. The first-order chi connectivity index (χ1) is 14.8. The molecule has 0 aliphatic carbocycles. The minimum atomic E-state index is -0.403. The Morgan fingerprint density at radius 3 is 2.48 bits per heavy atom. The summed E-state index contributed by atoms with van der Waals surface area (Å²) in [6.45, 7) is 4.14. The molecule has 3 aromatic rings. The van der Waals surface area contributed by atoms with E-state index >= 15 is 0 Å². The van der Waals surface area contributed by atoms with Crippen LogP contribution in [0, 0.1) is 25.2 Å². The predicted molar refractivity (Wildman–Crippen MR) is 120 cm³/mol. The van der Waals surface area contributed by atoms with E-state index < -0.39 is 5.91 Å². The molecule has 158 valence electrons. The van der Waals surface area contributed by atoms with Crippen LogP contribution in [0.2, 0.25) is 0 Å². The molecule has 0 unspecified atom stereocenters. The van der Waals surface area contributed by atoms with Gasteiger partial charge in [0.2, 0.25) is 0 Å². The van der Waals surface area contributed by atoms with Crippen LogP contribution in [0.15, 0.2) is 60.2 Å². The van der Waals surface area contributed by atoms with Crippen LogP contribution >= 0.6 is 0 Å². The molecule has 1 amide bonds. The second-order valence-corrected chi connectivity index (χ2v) is 7.32. The zero-order valence-corrected chi connectivity index (χ0v) is 18.1. The number of carbonyl (C=O) groups is 1. The number of para-hydroxylation sites is 1. The first-order valence-corrected chi connectivity index (χ1v) is 9.83. The number of likely N-dealkylation sites (N-methyl/N-ethyl adjacent to an activating group) is 1. The number of hydrogen-bond acceptors (Lipinski definition) is 4. The van der Waals surface area contributed by atoms with Gasteiger partial charge in [0, 0.05) is 36.2 Å². The number of aromatic hydroxyl groups is 1. The Hall–Kier alpha value is -3.98. The van der Waals surface area contributed by atoms with Gasteiger partial charge in [0.05, 0.1) is 7.11 Å². The Bertz CT molecular complexity index is 1170. The molecule has 2 aromatic carbocycles. The third kappa shape index (κ3) is 4.62. The molecule has 0 bridgehead atoms. The average Bonchev–Trinajstić information content (AvgIpc) is 3.05. The Labute approximate surface area is 182 Å². The smallest absolute Gasteiger partial charge is 0.264 e. The summed E-state index contributed by atoms with van der Waals surface area (Å²) in [5, 5.41) is 19.6. The number of amides is 1. The molecular weight excluding hydrogens is 390 g/mol. The van der Waals surface area contributed by atoms with Crippen LogP contribution in [0.5, 0.6) is 11.5 Å². The molecule has 31 heavy (non-hydrogen) atoms. The van der Waals surface area contributed by atoms with Crippen LogP contribution in [-0.4, -0.2) is 34.6 Å². The fraction of sp³-hybridized carbons (Fsp3) is 0.200. The quantitative estimate of drug-likeness (QED) is 0.479. The van der Waals surface area contributed by atoms with Crippen molar-refractivity contribution in [1.29, 1.82) is 5.26 Å². The highest BCUT2D eigenvalue weighted by Gasteiger charge is 2.18. The molecule has 0 saturated heterocycles. The number of hydrogen-bond donors (Lipinski definition) is 1. The van der Waals surface area contributed by atoms with E-state index in [4.69, 9.17) is 4.74 Å². The van der Waals surface area contributed by atoms with Crippen molar-refractivity contribution in [1.82, 2.24) is 9.47 Å². The number of nitrogens with zero attached hydrogens (tertiary/aromatic N) is 3. The van der Waals surface area contributed by atoms with Crippen LogP contribution in [-0.2, 0) is 11.3 Å². The Morgan fingerprint density at radius 2 is 1.87 bits per heavy atom. The summed E-state index contributed by atoms with van der Waals surface area (Å²) in [4.78, 5) is 14.3. The van der Waals surface area contributed by atoms with Crippen LogP contribution in [0.25, 0.3) is 11.8 Å². The lowest BCUT2D eigenvalue weighted by molar-refractivity contribution is -0.125. The van der Waals surface area contributed by atoms with Gasteiger partial charge < -0.3 is 19.3 Å². The van der Waals surface area contributed by atoms with Crippen molar-refractivity contribution in [2.75, 3.05) is 14.2 Å². The fourth-order valence-electron chi connectivity index (χ4n) is 3.54. The summed E-state index contributed by atoms with van der Waals surface area (Å²) < 4.78 is 7.29. The highest BCUT2D eigenvalue weighted by molar-refractivity contribution is 6.01. The largest absolute Gasteiger partial charge is 0.508 e. The Kier molecular flexibility index (Phi) is 6.46. The Morgan fingerprint density at radius 1 is 1.19 bits per heavy atom. The van der Waals surface area contributed by atoms with E-state index in [0.717, 1.165) is 28.4 Å². The number of benzene rings is 2. The van der Waals surface area contributed by atoms with Gasteiger partial charge in [-0.15, -0.1) is 0 Å².